The zero-order valence-corrected chi connectivity index (χ0v) is 16.3. The molecule has 1 N–H and O–H groups in total. The zero-order chi connectivity index (χ0) is 20.7. The van der Waals surface area contributed by atoms with Gasteiger partial charge in [-0.3, -0.25) is 9.29 Å². The predicted molar refractivity (Wildman–Crippen MR) is 114 cm³/mol. The molecule has 8 heteroatoms. The largest absolute Gasteiger partial charge is 0.423 e. The third-order valence-electron chi connectivity index (χ3n) is 4.75. The highest BCUT2D eigenvalue weighted by Gasteiger charge is 2.15. The maximum absolute atomic E-state index is 12.8. The molecule has 0 aliphatic rings. The van der Waals surface area contributed by atoms with E-state index in [0.29, 0.717) is 16.7 Å². The van der Waals surface area contributed by atoms with Gasteiger partial charge in [0, 0.05) is 22.8 Å². The lowest BCUT2D eigenvalue weighted by Gasteiger charge is -2.10. The van der Waals surface area contributed by atoms with Gasteiger partial charge in [0.15, 0.2) is 0 Å². The first-order chi connectivity index (χ1) is 14.5. The molecule has 0 aliphatic carbocycles. The van der Waals surface area contributed by atoms with Gasteiger partial charge in [0.05, 0.1) is 15.9 Å². The summed E-state index contributed by atoms with van der Waals surface area (Å²) in [6, 6.07) is 21.9. The summed E-state index contributed by atoms with van der Waals surface area (Å²) in [6.07, 6.45) is 1.73. The topological polar surface area (TPSA) is 94.2 Å². The second-order valence-electron chi connectivity index (χ2n) is 6.71. The Balaban J connectivity index is 1.44. The molecule has 0 aliphatic heterocycles. The van der Waals surface area contributed by atoms with E-state index in [4.69, 9.17) is 4.42 Å². The SMILES string of the molecule is O=c1ccc2cc(S(=O)(=O)Nc3ccc(-n4cnc5ccccc54)cc3)ccc2o1. The fourth-order valence-electron chi connectivity index (χ4n) is 3.29. The van der Waals surface area contributed by atoms with Gasteiger partial charge < -0.3 is 4.42 Å². The van der Waals surface area contributed by atoms with Crippen molar-refractivity contribution in [3.63, 3.8) is 0 Å². The maximum atomic E-state index is 12.8. The monoisotopic (exact) mass is 417 g/mol. The van der Waals surface area contributed by atoms with E-state index < -0.39 is 15.6 Å². The van der Waals surface area contributed by atoms with Crippen molar-refractivity contribution in [1.29, 1.82) is 0 Å². The Hall–Kier alpha value is -3.91. The minimum absolute atomic E-state index is 0.0773. The number of nitrogens with zero attached hydrogens (tertiary/aromatic N) is 2. The van der Waals surface area contributed by atoms with Crippen LogP contribution in [0.2, 0.25) is 0 Å². The summed E-state index contributed by atoms with van der Waals surface area (Å²) < 4.78 is 35.1. The number of sulfonamides is 1. The number of hydrogen-bond donors (Lipinski definition) is 1. The van der Waals surface area contributed by atoms with Crippen LogP contribution in [-0.4, -0.2) is 18.0 Å². The van der Waals surface area contributed by atoms with E-state index in [-0.39, 0.29) is 4.90 Å². The highest BCUT2D eigenvalue weighted by Crippen LogP contribution is 2.23. The molecule has 5 aromatic rings. The van der Waals surface area contributed by atoms with E-state index in [2.05, 4.69) is 9.71 Å². The molecule has 0 unspecified atom stereocenters. The van der Waals surface area contributed by atoms with Crippen LogP contribution in [0, 0.1) is 0 Å². The molecule has 148 valence electrons. The van der Waals surface area contributed by atoms with Gasteiger partial charge in [0.1, 0.15) is 11.9 Å². The Morgan fingerprint density at radius 3 is 2.53 bits per heavy atom. The Bertz CT molecular complexity index is 1550. The number of anilines is 1. The number of nitrogens with one attached hydrogen (secondary N) is 1. The van der Waals surface area contributed by atoms with Crippen molar-refractivity contribution in [2.45, 2.75) is 4.90 Å². The van der Waals surface area contributed by atoms with Gasteiger partial charge in [-0.25, -0.2) is 18.2 Å². The highest BCUT2D eigenvalue weighted by atomic mass is 32.2. The first-order valence-corrected chi connectivity index (χ1v) is 10.6. The maximum Gasteiger partial charge on any atom is 0.336 e. The molecule has 0 saturated heterocycles. The van der Waals surface area contributed by atoms with Crippen LogP contribution in [-0.2, 0) is 10.0 Å². The van der Waals surface area contributed by atoms with Gasteiger partial charge in [0.25, 0.3) is 10.0 Å². The summed E-state index contributed by atoms with van der Waals surface area (Å²) in [5, 5.41) is 0.528. The van der Waals surface area contributed by atoms with Crippen molar-refractivity contribution in [1.82, 2.24) is 9.55 Å². The Labute approximate surface area is 171 Å². The average Bonchev–Trinajstić information content (AvgIpc) is 3.18. The van der Waals surface area contributed by atoms with Gasteiger partial charge in [-0.2, -0.15) is 0 Å². The Kier molecular flexibility index (Phi) is 4.14. The van der Waals surface area contributed by atoms with Gasteiger partial charge in [-0.15, -0.1) is 0 Å². The van der Waals surface area contributed by atoms with E-state index in [1.807, 2.05) is 41.0 Å². The van der Waals surface area contributed by atoms with E-state index in [0.717, 1.165) is 16.7 Å². The first kappa shape index (κ1) is 18.1. The first-order valence-electron chi connectivity index (χ1n) is 9.09. The van der Waals surface area contributed by atoms with Gasteiger partial charge >= 0.3 is 5.63 Å². The van der Waals surface area contributed by atoms with Crippen molar-refractivity contribution >= 4 is 37.7 Å². The van der Waals surface area contributed by atoms with Crippen LogP contribution in [0.4, 0.5) is 5.69 Å². The molecule has 0 atom stereocenters. The van der Waals surface area contributed by atoms with Crippen molar-refractivity contribution in [3.8, 4) is 5.69 Å². The standard InChI is InChI=1S/C22H15N3O4S/c26-22-12-5-15-13-18(10-11-21(15)29-22)30(27,28)24-16-6-8-17(9-7-16)25-14-23-19-3-1-2-4-20(19)25/h1-14,24H. The Morgan fingerprint density at radius 1 is 0.900 bits per heavy atom. The number of aromatic nitrogens is 2. The summed E-state index contributed by atoms with van der Waals surface area (Å²) in [7, 11) is -3.81. The van der Waals surface area contributed by atoms with Crippen LogP contribution in [0.15, 0.2) is 99.3 Å². The van der Waals surface area contributed by atoms with E-state index in [1.54, 1.807) is 18.5 Å². The number of rotatable bonds is 4. The molecule has 3 aromatic carbocycles. The van der Waals surface area contributed by atoms with Gasteiger partial charge in [0.2, 0.25) is 0 Å². The van der Waals surface area contributed by atoms with E-state index >= 15 is 0 Å². The minimum Gasteiger partial charge on any atom is -0.423 e. The molecular formula is C22H15N3O4S. The second-order valence-corrected chi connectivity index (χ2v) is 8.39. The van der Waals surface area contributed by atoms with E-state index in [9.17, 15) is 13.2 Å². The summed E-state index contributed by atoms with van der Waals surface area (Å²) in [5.74, 6) is 0. The van der Waals surface area contributed by atoms with Crippen LogP contribution in [0.3, 0.4) is 0 Å². The molecule has 0 amide bonds. The third-order valence-corrected chi connectivity index (χ3v) is 6.13. The minimum atomic E-state index is -3.81. The molecule has 0 fully saturated rings. The molecule has 2 aromatic heterocycles. The smallest absolute Gasteiger partial charge is 0.336 e. The summed E-state index contributed by atoms with van der Waals surface area (Å²) in [6.45, 7) is 0. The summed E-state index contributed by atoms with van der Waals surface area (Å²) >= 11 is 0. The van der Waals surface area contributed by atoms with Crippen LogP contribution in [0.1, 0.15) is 0 Å². The summed E-state index contributed by atoms with van der Waals surface area (Å²) in [5.41, 5.74) is 3.00. The zero-order valence-electron chi connectivity index (χ0n) is 15.5. The highest BCUT2D eigenvalue weighted by molar-refractivity contribution is 7.92. The lowest BCUT2D eigenvalue weighted by Crippen LogP contribution is -2.13. The second kappa shape index (κ2) is 6.85. The number of hydrogen-bond acceptors (Lipinski definition) is 5. The van der Waals surface area contributed by atoms with Gasteiger partial charge in [-0.1, -0.05) is 12.1 Å². The molecule has 2 heterocycles. The predicted octanol–water partition coefficient (Wildman–Crippen LogP) is 3.93. The molecule has 0 spiro atoms. The Morgan fingerprint density at radius 2 is 1.70 bits per heavy atom. The lowest BCUT2D eigenvalue weighted by atomic mass is 10.2. The van der Waals surface area contributed by atoms with Crippen molar-refractivity contribution in [2.24, 2.45) is 0 Å². The fourth-order valence-corrected chi connectivity index (χ4v) is 4.38. The molecule has 0 bridgehead atoms. The number of benzene rings is 3. The number of imidazole rings is 1. The van der Waals surface area contributed by atoms with Crippen molar-refractivity contribution in [3.05, 3.63) is 95.6 Å². The lowest BCUT2D eigenvalue weighted by molar-refractivity contribution is 0.560. The molecule has 7 nitrogen and oxygen atoms in total. The average molecular weight is 417 g/mol. The normalized spacial score (nSPS) is 11.7. The van der Waals surface area contributed by atoms with E-state index in [1.165, 1.54) is 30.3 Å². The summed E-state index contributed by atoms with van der Waals surface area (Å²) in [4.78, 5) is 15.7. The van der Waals surface area contributed by atoms with Crippen LogP contribution in [0.5, 0.6) is 0 Å². The van der Waals surface area contributed by atoms with Crippen molar-refractivity contribution in [2.75, 3.05) is 4.72 Å². The molecule has 30 heavy (non-hydrogen) atoms. The number of fused-ring (bicyclic) bond motifs is 2. The van der Waals surface area contributed by atoms with Crippen molar-refractivity contribution < 1.29 is 12.8 Å². The fraction of sp³-hybridized carbons (Fsp3) is 0. The third kappa shape index (κ3) is 3.23. The van der Waals surface area contributed by atoms with Crippen LogP contribution < -0.4 is 10.3 Å². The molecule has 0 saturated carbocycles. The van der Waals surface area contributed by atoms with Crippen LogP contribution >= 0.6 is 0 Å². The molecule has 0 radical (unpaired) electrons. The number of para-hydroxylation sites is 2. The molecule has 5 rings (SSSR count). The van der Waals surface area contributed by atoms with Crippen LogP contribution in [0.25, 0.3) is 27.7 Å². The van der Waals surface area contributed by atoms with Gasteiger partial charge in [-0.05, 0) is 60.7 Å². The quantitative estimate of drug-likeness (QED) is 0.447. The molecular weight excluding hydrogens is 402 g/mol.